The minimum absolute atomic E-state index is 0.474. The Balaban J connectivity index is 2.31. The molecular formula is C8H17NO. The molecular weight excluding hydrogens is 126 g/mol. The van der Waals surface area contributed by atoms with Crippen molar-refractivity contribution in [2.75, 3.05) is 13.7 Å². The van der Waals surface area contributed by atoms with Crippen LogP contribution >= 0.6 is 0 Å². The van der Waals surface area contributed by atoms with E-state index < -0.39 is 0 Å². The van der Waals surface area contributed by atoms with Gasteiger partial charge in [0.1, 0.15) is 0 Å². The van der Waals surface area contributed by atoms with Crippen LogP contribution in [0.15, 0.2) is 0 Å². The molecule has 0 aromatic rings. The van der Waals surface area contributed by atoms with Crippen LogP contribution < -0.4 is 0 Å². The van der Waals surface area contributed by atoms with Gasteiger partial charge in [0.05, 0.1) is 6.10 Å². The van der Waals surface area contributed by atoms with Crippen LogP contribution in [-0.4, -0.2) is 36.7 Å². The molecule has 10 heavy (non-hydrogen) atoms. The molecule has 1 rings (SSSR count). The standard InChI is InChI=1S/C8H17NO/c1-6(2)9-5-8(10-4)7(9)3/h6-8H,5H2,1-4H3. The zero-order valence-electron chi connectivity index (χ0n) is 7.29. The van der Waals surface area contributed by atoms with Crippen molar-refractivity contribution in [1.29, 1.82) is 0 Å². The first-order valence-electron chi connectivity index (χ1n) is 3.95. The number of nitrogens with zero attached hydrogens (tertiary/aromatic N) is 1. The molecule has 2 heteroatoms. The summed E-state index contributed by atoms with van der Waals surface area (Å²) in [5.41, 5.74) is 0. The highest BCUT2D eigenvalue weighted by molar-refractivity contribution is 4.91. The minimum Gasteiger partial charge on any atom is -0.379 e. The summed E-state index contributed by atoms with van der Waals surface area (Å²) in [5.74, 6) is 0. The van der Waals surface area contributed by atoms with Crippen LogP contribution in [0.2, 0.25) is 0 Å². The Bertz CT molecular complexity index is 114. The molecule has 1 saturated heterocycles. The van der Waals surface area contributed by atoms with E-state index in [2.05, 4.69) is 25.7 Å². The highest BCUT2D eigenvalue weighted by Gasteiger charge is 2.36. The zero-order chi connectivity index (χ0) is 7.72. The molecule has 0 amide bonds. The molecule has 2 unspecified atom stereocenters. The monoisotopic (exact) mass is 143 g/mol. The lowest BCUT2D eigenvalue weighted by Gasteiger charge is -2.47. The topological polar surface area (TPSA) is 12.5 Å². The van der Waals surface area contributed by atoms with Gasteiger partial charge in [0, 0.05) is 25.7 Å². The van der Waals surface area contributed by atoms with Crippen molar-refractivity contribution in [3.05, 3.63) is 0 Å². The van der Waals surface area contributed by atoms with Crippen molar-refractivity contribution in [3.8, 4) is 0 Å². The van der Waals surface area contributed by atoms with E-state index in [1.807, 2.05) is 0 Å². The number of ether oxygens (including phenoxy) is 1. The molecule has 60 valence electrons. The predicted molar refractivity (Wildman–Crippen MR) is 42.1 cm³/mol. The summed E-state index contributed by atoms with van der Waals surface area (Å²) in [6.45, 7) is 7.78. The summed E-state index contributed by atoms with van der Waals surface area (Å²) in [6.07, 6.45) is 0.474. The molecule has 1 aliphatic rings. The van der Waals surface area contributed by atoms with E-state index in [-0.39, 0.29) is 0 Å². The second kappa shape index (κ2) is 2.89. The summed E-state index contributed by atoms with van der Waals surface area (Å²) in [5, 5.41) is 0. The molecule has 1 aliphatic heterocycles. The highest BCUT2D eigenvalue weighted by Crippen LogP contribution is 2.22. The molecule has 2 nitrogen and oxygen atoms in total. The average Bonchev–Trinajstić information content (AvgIpc) is 1.85. The third-order valence-electron chi connectivity index (χ3n) is 2.42. The van der Waals surface area contributed by atoms with Crippen LogP contribution in [0, 0.1) is 0 Å². The fourth-order valence-corrected chi connectivity index (χ4v) is 1.55. The van der Waals surface area contributed by atoms with Crippen molar-refractivity contribution in [3.63, 3.8) is 0 Å². The summed E-state index contributed by atoms with van der Waals surface area (Å²) in [4.78, 5) is 2.44. The summed E-state index contributed by atoms with van der Waals surface area (Å²) >= 11 is 0. The van der Waals surface area contributed by atoms with E-state index in [4.69, 9.17) is 4.74 Å². The lowest BCUT2D eigenvalue weighted by atomic mass is 9.99. The Hall–Kier alpha value is -0.0800. The van der Waals surface area contributed by atoms with E-state index in [9.17, 15) is 0 Å². The van der Waals surface area contributed by atoms with Crippen molar-refractivity contribution >= 4 is 0 Å². The quantitative estimate of drug-likeness (QED) is 0.574. The van der Waals surface area contributed by atoms with Gasteiger partial charge in [0.25, 0.3) is 0 Å². The Morgan fingerprint density at radius 1 is 1.50 bits per heavy atom. The molecule has 2 atom stereocenters. The van der Waals surface area contributed by atoms with Gasteiger partial charge in [0.2, 0.25) is 0 Å². The first-order chi connectivity index (χ1) is 4.66. The summed E-state index contributed by atoms with van der Waals surface area (Å²) in [7, 11) is 1.79. The molecule has 1 fully saturated rings. The number of methoxy groups -OCH3 is 1. The molecule has 0 radical (unpaired) electrons. The number of hydrogen-bond donors (Lipinski definition) is 0. The number of rotatable bonds is 2. The van der Waals surface area contributed by atoms with Crippen LogP contribution in [0.3, 0.4) is 0 Å². The molecule has 0 aliphatic carbocycles. The Labute approximate surface area is 63.2 Å². The molecule has 0 spiro atoms. The maximum atomic E-state index is 5.24. The van der Waals surface area contributed by atoms with Crippen molar-refractivity contribution in [2.24, 2.45) is 0 Å². The smallest absolute Gasteiger partial charge is 0.0850 e. The average molecular weight is 143 g/mol. The van der Waals surface area contributed by atoms with Gasteiger partial charge in [-0.3, -0.25) is 4.90 Å². The van der Waals surface area contributed by atoms with E-state index in [0.29, 0.717) is 18.2 Å². The molecule has 0 aromatic carbocycles. The van der Waals surface area contributed by atoms with Gasteiger partial charge >= 0.3 is 0 Å². The number of hydrogen-bond acceptors (Lipinski definition) is 2. The third-order valence-corrected chi connectivity index (χ3v) is 2.42. The lowest BCUT2D eigenvalue weighted by Crippen LogP contribution is -2.61. The molecule has 0 bridgehead atoms. The molecule has 1 heterocycles. The van der Waals surface area contributed by atoms with E-state index in [1.165, 1.54) is 0 Å². The van der Waals surface area contributed by atoms with Crippen LogP contribution in [0.25, 0.3) is 0 Å². The zero-order valence-corrected chi connectivity index (χ0v) is 7.29. The SMILES string of the molecule is COC1CN(C(C)C)C1C. The van der Waals surface area contributed by atoms with E-state index in [0.717, 1.165) is 6.54 Å². The Morgan fingerprint density at radius 3 is 2.40 bits per heavy atom. The van der Waals surface area contributed by atoms with E-state index >= 15 is 0 Å². The Kier molecular flexibility index (Phi) is 2.32. The van der Waals surface area contributed by atoms with Gasteiger partial charge in [-0.25, -0.2) is 0 Å². The van der Waals surface area contributed by atoms with Crippen LogP contribution in [0.1, 0.15) is 20.8 Å². The first-order valence-corrected chi connectivity index (χ1v) is 3.95. The van der Waals surface area contributed by atoms with Gasteiger partial charge in [-0.05, 0) is 20.8 Å². The largest absolute Gasteiger partial charge is 0.379 e. The fourth-order valence-electron chi connectivity index (χ4n) is 1.55. The highest BCUT2D eigenvalue weighted by atomic mass is 16.5. The van der Waals surface area contributed by atoms with Crippen molar-refractivity contribution in [2.45, 2.75) is 39.0 Å². The van der Waals surface area contributed by atoms with Gasteiger partial charge < -0.3 is 4.74 Å². The second-order valence-corrected chi connectivity index (χ2v) is 3.31. The van der Waals surface area contributed by atoms with Crippen LogP contribution in [0.5, 0.6) is 0 Å². The van der Waals surface area contributed by atoms with Crippen molar-refractivity contribution < 1.29 is 4.74 Å². The second-order valence-electron chi connectivity index (χ2n) is 3.31. The van der Waals surface area contributed by atoms with Gasteiger partial charge in [-0.15, -0.1) is 0 Å². The molecule has 0 saturated carbocycles. The number of likely N-dealkylation sites (tertiary alicyclic amines) is 1. The molecule has 0 N–H and O–H groups in total. The van der Waals surface area contributed by atoms with Gasteiger partial charge in [-0.2, -0.15) is 0 Å². The van der Waals surface area contributed by atoms with Gasteiger partial charge in [0.15, 0.2) is 0 Å². The predicted octanol–water partition coefficient (Wildman–Crippen LogP) is 1.11. The van der Waals surface area contributed by atoms with Crippen molar-refractivity contribution in [1.82, 2.24) is 4.90 Å². The van der Waals surface area contributed by atoms with Crippen LogP contribution in [0.4, 0.5) is 0 Å². The fraction of sp³-hybridized carbons (Fsp3) is 1.00. The summed E-state index contributed by atoms with van der Waals surface area (Å²) < 4.78 is 5.24. The first kappa shape index (κ1) is 8.02. The lowest BCUT2D eigenvalue weighted by molar-refractivity contribution is -0.0910. The molecule has 0 aromatic heterocycles. The minimum atomic E-state index is 0.474. The maximum absolute atomic E-state index is 5.24. The third kappa shape index (κ3) is 1.18. The Morgan fingerprint density at radius 2 is 2.10 bits per heavy atom. The van der Waals surface area contributed by atoms with E-state index in [1.54, 1.807) is 7.11 Å². The normalized spacial score (nSPS) is 34.5. The maximum Gasteiger partial charge on any atom is 0.0850 e. The van der Waals surface area contributed by atoms with Gasteiger partial charge in [-0.1, -0.05) is 0 Å². The summed E-state index contributed by atoms with van der Waals surface area (Å²) in [6, 6.07) is 1.28. The van der Waals surface area contributed by atoms with Crippen LogP contribution in [-0.2, 0) is 4.74 Å².